The molecule has 1 aliphatic heterocycles. The van der Waals surface area contributed by atoms with Crippen molar-refractivity contribution in [1.29, 1.82) is 0 Å². The summed E-state index contributed by atoms with van der Waals surface area (Å²) in [6.45, 7) is 1.83. The third-order valence-corrected chi connectivity index (χ3v) is 7.23. The van der Waals surface area contributed by atoms with Crippen molar-refractivity contribution in [2.45, 2.75) is 13.1 Å². The maximum Gasteiger partial charge on any atom is 0.248 e. The smallest absolute Gasteiger partial charge is 0.248 e. The Labute approximate surface area is 264 Å². The molecule has 2 N–H and O–H groups in total. The molecule has 0 radical (unpaired) electrons. The molecule has 238 valence electrons. The molecule has 45 heavy (non-hydrogen) atoms. The number of nitrogens with zero attached hydrogens (tertiary/aromatic N) is 3. The number of hydrogen-bond acceptors (Lipinski definition) is 7. The van der Waals surface area contributed by atoms with Crippen molar-refractivity contribution in [1.82, 2.24) is 20.4 Å². The molecule has 3 aromatic carbocycles. The lowest BCUT2D eigenvalue weighted by Gasteiger charge is -2.32. The van der Waals surface area contributed by atoms with Gasteiger partial charge in [-0.1, -0.05) is 78.9 Å². The minimum atomic E-state index is -0.395. The van der Waals surface area contributed by atoms with Gasteiger partial charge in [0.1, 0.15) is 26.4 Å². The van der Waals surface area contributed by atoms with E-state index >= 15 is 0 Å². The van der Waals surface area contributed by atoms with Crippen molar-refractivity contribution < 1.29 is 28.7 Å². The maximum atomic E-state index is 13.4. The summed E-state index contributed by atoms with van der Waals surface area (Å²) < 4.78 is 10.9. The van der Waals surface area contributed by atoms with Crippen molar-refractivity contribution >= 4 is 29.3 Å². The highest BCUT2D eigenvalue weighted by molar-refractivity contribution is 5.81. The fourth-order valence-electron chi connectivity index (χ4n) is 4.83. The van der Waals surface area contributed by atoms with Crippen LogP contribution in [0.3, 0.4) is 0 Å². The number of hydrogen-bond donors (Lipinski definition) is 2. The van der Waals surface area contributed by atoms with Crippen LogP contribution in [0.5, 0.6) is 0 Å². The van der Waals surface area contributed by atoms with Crippen LogP contribution in [0.1, 0.15) is 11.1 Å². The molecule has 4 rings (SSSR count). The number of para-hydroxylation sites is 1. The van der Waals surface area contributed by atoms with Crippen molar-refractivity contribution in [3.63, 3.8) is 0 Å². The molecule has 3 aromatic rings. The molecule has 11 nitrogen and oxygen atoms in total. The second kappa shape index (κ2) is 18.2. The van der Waals surface area contributed by atoms with Gasteiger partial charge >= 0.3 is 0 Å². The van der Waals surface area contributed by atoms with Crippen LogP contribution < -0.4 is 15.5 Å². The topological polar surface area (TPSA) is 121 Å². The molecule has 1 fully saturated rings. The monoisotopic (exact) mass is 615 g/mol. The number of ether oxygens (including phenoxy) is 2. The van der Waals surface area contributed by atoms with Gasteiger partial charge in [-0.3, -0.25) is 19.2 Å². The summed E-state index contributed by atoms with van der Waals surface area (Å²) in [6, 6.07) is 29.2. The van der Waals surface area contributed by atoms with E-state index in [0.29, 0.717) is 39.3 Å². The van der Waals surface area contributed by atoms with Gasteiger partial charge in [0.05, 0.1) is 0 Å². The van der Waals surface area contributed by atoms with Crippen LogP contribution in [0.25, 0.3) is 0 Å². The van der Waals surface area contributed by atoms with Gasteiger partial charge < -0.3 is 34.8 Å². The van der Waals surface area contributed by atoms with Gasteiger partial charge in [0, 0.05) is 58.0 Å². The molecular formula is C34H41N5O6. The van der Waals surface area contributed by atoms with E-state index in [1.165, 1.54) is 0 Å². The van der Waals surface area contributed by atoms with E-state index in [1.54, 1.807) is 9.80 Å². The van der Waals surface area contributed by atoms with Crippen LogP contribution in [0.15, 0.2) is 91.0 Å². The highest BCUT2D eigenvalue weighted by Gasteiger charge is 2.20. The maximum absolute atomic E-state index is 13.4. The predicted octanol–water partition coefficient (Wildman–Crippen LogP) is 1.83. The summed E-state index contributed by atoms with van der Waals surface area (Å²) in [6.07, 6.45) is 0. The molecule has 0 aromatic heterocycles. The molecule has 0 atom stereocenters. The zero-order valence-corrected chi connectivity index (χ0v) is 25.4. The Morgan fingerprint density at radius 2 is 0.911 bits per heavy atom. The van der Waals surface area contributed by atoms with E-state index in [-0.39, 0.29) is 51.3 Å². The Morgan fingerprint density at radius 1 is 0.511 bits per heavy atom. The lowest BCUT2D eigenvalue weighted by molar-refractivity contribution is -0.140. The van der Waals surface area contributed by atoms with Crippen molar-refractivity contribution in [2.75, 3.05) is 70.6 Å². The minimum Gasteiger partial charge on any atom is -0.368 e. The standard InChI is InChI=1S/C34H41N5O6/c40-31-24-44-26-33(42)38(22-28-10-4-1-5-11-28)20-18-37(30-14-8-3-9-15-30)19-21-39(23-29-12-6-2-7-13-29)34(43)27-45-25-32(41)36-17-16-35-31/h1-15H,16-27H2,(H,35,40)(H,36,41). The van der Waals surface area contributed by atoms with Gasteiger partial charge in [-0.25, -0.2) is 0 Å². The number of amides is 4. The first kappa shape index (κ1) is 33.2. The molecular weight excluding hydrogens is 574 g/mol. The largest absolute Gasteiger partial charge is 0.368 e. The molecule has 1 aliphatic rings. The Bertz CT molecular complexity index is 1270. The molecule has 11 heteroatoms. The number of benzene rings is 3. The van der Waals surface area contributed by atoms with Crippen molar-refractivity contribution in [3.05, 3.63) is 102 Å². The SMILES string of the molecule is O=C1COCC(=O)N(Cc2ccccc2)CCN(c2ccccc2)CCN(Cc2ccccc2)C(=O)COCC(=O)NCCN1. The zero-order chi connectivity index (χ0) is 31.7. The van der Waals surface area contributed by atoms with E-state index in [1.807, 2.05) is 91.0 Å². The summed E-state index contributed by atoms with van der Waals surface area (Å²) in [7, 11) is 0. The lowest BCUT2D eigenvalue weighted by Crippen LogP contribution is -2.44. The molecule has 1 heterocycles. The highest BCUT2D eigenvalue weighted by atomic mass is 16.5. The van der Waals surface area contributed by atoms with Gasteiger partial charge in [-0.15, -0.1) is 0 Å². The van der Waals surface area contributed by atoms with Crippen molar-refractivity contribution in [3.8, 4) is 0 Å². The first-order valence-electron chi connectivity index (χ1n) is 15.1. The van der Waals surface area contributed by atoms with Crippen LogP contribution in [0.4, 0.5) is 5.69 Å². The van der Waals surface area contributed by atoms with Crippen LogP contribution in [-0.4, -0.2) is 99.1 Å². The van der Waals surface area contributed by atoms with Gasteiger partial charge in [0.15, 0.2) is 0 Å². The molecule has 4 amide bonds. The Kier molecular flexibility index (Phi) is 13.4. The van der Waals surface area contributed by atoms with E-state index < -0.39 is 11.8 Å². The van der Waals surface area contributed by atoms with Gasteiger partial charge in [-0.05, 0) is 23.3 Å². The minimum absolute atomic E-state index is 0.182. The molecule has 0 unspecified atom stereocenters. The fraction of sp³-hybridized carbons (Fsp3) is 0.353. The quantitative estimate of drug-likeness (QED) is 0.450. The summed E-state index contributed by atoms with van der Waals surface area (Å²) in [5.41, 5.74) is 2.90. The lowest BCUT2D eigenvalue weighted by atomic mass is 10.2. The van der Waals surface area contributed by atoms with Crippen LogP contribution in [0, 0.1) is 0 Å². The van der Waals surface area contributed by atoms with Gasteiger partial charge in [0.2, 0.25) is 23.6 Å². The van der Waals surface area contributed by atoms with Crippen molar-refractivity contribution in [2.24, 2.45) is 0 Å². The average Bonchev–Trinajstić information content (AvgIpc) is 3.06. The van der Waals surface area contributed by atoms with Crippen LogP contribution in [0.2, 0.25) is 0 Å². The average molecular weight is 616 g/mol. The Hall–Kier alpha value is -4.74. The van der Waals surface area contributed by atoms with E-state index in [9.17, 15) is 19.2 Å². The summed E-state index contributed by atoms with van der Waals surface area (Å²) in [5.74, 6) is -1.27. The number of nitrogens with one attached hydrogen (secondary N) is 2. The third-order valence-electron chi connectivity index (χ3n) is 7.23. The number of anilines is 1. The number of carbonyl (C=O) groups is 4. The van der Waals surface area contributed by atoms with E-state index in [2.05, 4.69) is 15.5 Å². The first-order chi connectivity index (χ1) is 22.0. The molecule has 0 saturated carbocycles. The second-order valence-corrected chi connectivity index (χ2v) is 10.6. The number of rotatable bonds is 5. The molecule has 0 aliphatic carbocycles. The van der Waals surface area contributed by atoms with E-state index in [4.69, 9.17) is 9.47 Å². The third kappa shape index (κ3) is 11.7. The summed E-state index contributed by atoms with van der Waals surface area (Å²) >= 11 is 0. The predicted molar refractivity (Wildman–Crippen MR) is 170 cm³/mol. The summed E-state index contributed by atoms with van der Waals surface area (Å²) in [4.78, 5) is 56.7. The van der Waals surface area contributed by atoms with Crippen LogP contribution in [-0.2, 0) is 41.7 Å². The van der Waals surface area contributed by atoms with Gasteiger partial charge in [-0.2, -0.15) is 0 Å². The molecule has 0 bridgehead atoms. The Balaban J connectivity index is 1.55. The Morgan fingerprint density at radius 3 is 1.33 bits per heavy atom. The first-order valence-corrected chi connectivity index (χ1v) is 15.1. The second-order valence-electron chi connectivity index (χ2n) is 10.6. The summed E-state index contributed by atoms with van der Waals surface area (Å²) in [5, 5.41) is 5.30. The highest BCUT2D eigenvalue weighted by Crippen LogP contribution is 2.15. The fourth-order valence-corrected chi connectivity index (χ4v) is 4.83. The molecule has 0 spiro atoms. The number of carbonyl (C=O) groups excluding carboxylic acids is 4. The molecule has 1 saturated heterocycles. The zero-order valence-electron chi connectivity index (χ0n) is 25.4. The van der Waals surface area contributed by atoms with E-state index in [0.717, 1.165) is 16.8 Å². The normalized spacial score (nSPS) is 17.3. The van der Waals surface area contributed by atoms with Crippen LogP contribution >= 0.6 is 0 Å². The van der Waals surface area contributed by atoms with Gasteiger partial charge in [0.25, 0.3) is 0 Å².